The van der Waals surface area contributed by atoms with E-state index in [0.29, 0.717) is 0 Å². The van der Waals surface area contributed by atoms with E-state index in [1.807, 2.05) is 103 Å². The van der Waals surface area contributed by atoms with Crippen LogP contribution in [0.4, 0.5) is 0 Å². The lowest BCUT2D eigenvalue weighted by Gasteiger charge is -2.06. The van der Waals surface area contributed by atoms with Gasteiger partial charge in [-0.15, -0.1) is 0 Å². The second-order valence-electron chi connectivity index (χ2n) is 5.75. The second-order valence-corrected chi connectivity index (χ2v) is 5.75. The minimum absolute atomic E-state index is 0.803. The van der Waals surface area contributed by atoms with Crippen molar-refractivity contribution in [1.29, 1.82) is 0 Å². The molecule has 0 heterocycles. The maximum Gasteiger partial charge on any atom is 0.126 e. The van der Waals surface area contributed by atoms with E-state index in [1.54, 1.807) is 21.3 Å². The summed E-state index contributed by atoms with van der Waals surface area (Å²) >= 11 is 0. The van der Waals surface area contributed by atoms with E-state index in [2.05, 4.69) is 0 Å². The Kier molecular flexibility index (Phi) is 8.95. The lowest BCUT2D eigenvalue weighted by Crippen LogP contribution is -1.89. The summed E-state index contributed by atoms with van der Waals surface area (Å²) in [6, 6.07) is 13.6. The molecule has 0 saturated carbocycles. The Hall–Kier alpha value is -3.46. The molecule has 0 aliphatic heterocycles. The van der Waals surface area contributed by atoms with Gasteiger partial charge in [-0.2, -0.15) is 0 Å². The quantitative estimate of drug-likeness (QED) is 0.496. The largest absolute Gasteiger partial charge is 0.497 e. The molecule has 0 radical (unpaired) electrons. The van der Waals surface area contributed by atoms with Gasteiger partial charge in [-0.3, -0.25) is 0 Å². The van der Waals surface area contributed by atoms with Crippen LogP contribution in [0.2, 0.25) is 0 Å². The fourth-order valence-electron chi connectivity index (χ4n) is 2.40. The molecule has 3 heteroatoms. The summed E-state index contributed by atoms with van der Waals surface area (Å²) in [7, 11) is 4.98. The molecule has 28 heavy (non-hydrogen) atoms. The second kappa shape index (κ2) is 12.0. The molecule has 0 aromatic heterocycles. The normalized spacial score (nSPS) is 12.1. The van der Waals surface area contributed by atoms with E-state index in [4.69, 9.17) is 14.2 Å². The predicted octanol–water partition coefficient (Wildman–Crippen LogP) is 6.11. The van der Waals surface area contributed by atoms with Gasteiger partial charge in [-0.1, -0.05) is 72.9 Å². The number of methoxy groups -OCH3 is 3. The van der Waals surface area contributed by atoms with Gasteiger partial charge in [0.05, 0.1) is 21.3 Å². The minimum Gasteiger partial charge on any atom is -0.497 e. The minimum atomic E-state index is 0.803. The average molecular weight is 374 g/mol. The van der Waals surface area contributed by atoms with Crippen LogP contribution in [0.25, 0.3) is 12.2 Å². The Morgan fingerprint density at radius 2 is 1.07 bits per heavy atom. The zero-order valence-electron chi connectivity index (χ0n) is 16.5. The summed E-state index contributed by atoms with van der Waals surface area (Å²) < 4.78 is 15.7. The SMILES string of the molecule is COc1ccc(C=CC=CC=CC=CC=Cc2cc(OC)ccc2OC)cc1. The van der Waals surface area contributed by atoms with Crippen LogP contribution in [0.5, 0.6) is 17.2 Å². The zero-order valence-corrected chi connectivity index (χ0v) is 16.5. The van der Waals surface area contributed by atoms with Crippen molar-refractivity contribution in [2.75, 3.05) is 21.3 Å². The van der Waals surface area contributed by atoms with Gasteiger partial charge in [0.15, 0.2) is 0 Å². The van der Waals surface area contributed by atoms with E-state index in [1.165, 1.54) is 0 Å². The van der Waals surface area contributed by atoms with Crippen molar-refractivity contribution >= 4 is 12.2 Å². The van der Waals surface area contributed by atoms with E-state index < -0.39 is 0 Å². The molecular formula is C25H26O3. The molecule has 2 rings (SSSR count). The third-order valence-electron chi connectivity index (χ3n) is 3.89. The van der Waals surface area contributed by atoms with Crippen LogP contribution < -0.4 is 14.2 Å². The van der Waals surface area contributed by atoms with E-state index in [9.17, 15) is 0 Å². The standard InChI is InChI=1S/C25H26O3/c1-26-23-16-14-21(15-17-23)12-10-8-6-4-5-7-9-11-13-22-20-24(27-2)18-19-25(22)28-3/h4-20H,1-3H3. The van der Waals surface area contributed by atoms with Gasteiger partial charge >= 0.3 is 0 Å². The third kappa shape index (κ3) is 7.04. The topological polar surface area (TPSA) is 27.7 Å². The highest BCUT2D eigenvalue weighted by molar-refractivity contribution is 5.60. The number of hydrogen-bond donors (Lipinski definition) is 0. The molecule has 0 unspecified atom stereocenters. The first-order chi connectivity index (χ1) is 13.8. The molecule has 0 spiro atoms. The number of ether oxygens (including phenoxy) is 3. The first-order valence-corrected chi connectivity index (χ1v) is 8.97. The first kappa shape index (κ1) is 20.8. The van der Waals surface area contributed by atoms with Crippen LogP contribution in [-0.4, -0.2) is 21.3 Å². The van der Waals surface area contributed by atoms with Crippen LogP contribution in [0.15, 0.2) is 91.1 Å². The Labute approximate surface area is 167 Å². The highest BCUT2D eigenvalue weighted by Gasteiger charge is 2.00. The molecule has 3 nitrogen and oxygen atoms in total. The molecule has 2 aromatic carbocycles. The van der Waals surface area contributed by atoms with Crippen LogP contribution in [-0.2, 0) is 0 Å². The smallest absolute Gasteiger partial charge is 0.126 e. The molecule has 0 aliphatic carbocycles. The number of rotatable bonds is 9. The molecule has 0 N–H and O–H groups in total. The summed E-state index contributed by atoms with van der Waals surface area (Å²) in [5.41, 5.74) is 2.10. The Morgan fingerprint density at radius 1 is 0.536 bits per heavy atom. The van der Waals surface area contributed by atoms with E-state index in [0.717, 1.165) is 28.4 Å². The van der Waals surface area contributed by atoms with Gasteiger partial charge in [0.25, 0.3) is 0 Å². The number of hydrogen-bond acceptors (Lipinski definition) is 3. The summed E-state index contributed by atoms with van der Waals surface area (Å²) in [6.07, 6.45) is 19.9. The van der Waals surface area contributed by atoms with Gasteiger partial charge in [0, 0.05) is 5.56 Å². The maximum atomic E-state index is 5.35. The maximum absolute atomic E-state index is 5.35. The van der Waals surface area contributed by atoms with Crippen molar-refractivity contribution in [2.45, 2.75) is 0 Å². The fraction of sp³-hybridized carbons (Fsp3) is 0.120. The Bertz CT molecular complexity index is 869. The molecule has 0 fully saturated rings. The Balaban J connectivity index is 1.82. The monoisotopic (exact) mass is 374 g/mol. The Morgan fingerprint density at radius 3 is 1.64 bits per heavy atom. The van der Waals surface area contributed by atoms with Crippen LogP contribution in [0, 0.1) is 0 Å². The number of allylic oxidation sites excluding steroid dienone is 8. The molecule has 144 valence electrons. The molecule has 2 aromatic rings. The zero-order chi connectivity index (χ0) is 20.0. The number of benzene rings is 2. The molecule has 0 atom stereocenters. The molecule has 0 aliphatic rings. The van der Waals surface area contributed by atoms with Crippen molar-refractivity contribution in [1.82, 2.24) is 0 Å². The lowest BCUT2D eigenvalue weighted by atomic mass is 10.1. The highest BCUT2D eigenvalue weighted by Crippen LogP contribution is 2.25. The van der Waals surface area contributed by atoms with E-state index >= 15 is 0 Å². The van der Waals surface area contributed by atoms with E-state index in [-0.39, 0.29) is 0 Å². The molecule has 0 bridgehead atoms. The van der Waals surface area contributed by atoms with Crippen LogP contribution in [0.3, 0.4) is 0 Å². The van der Waals surface area contributed by atoms with Gasteiger partial charge < -0.3 is 14.2 Å². The molecular weight excluding hydrogens is 348 g/mol. The summed E-state index contributed by atoms with van der Waals surface area (Å²) in [4.78, 5) is 0. The average Bonchev–Trinajstić information content (AvgIpc) is 2.75. The molecule has 0 amide bonds. The van der Waals surface area contributed by atoms with Gasteiger partial charge in [-0.05, 0) is 35.9 Å². The van der Waals surface area contributed by atoms with Crippen molar-refractivity contribution in [2.24, 2.45) is 0 Å². The van der Waals surface area contributed by atoms with Gasteiger partial charge in [-0.25, -0.2) is 0 Å². The third-order valence-corrected chi connectivity index (χ3v) is 3.89. The first-order valence-electron chi connectivity index (χ1n) is 8.97. The van der Waals surface area contributed by atoms with Crippen molar-refractivity contribution in [3.05, 3.63) is 102 Å². The summed E-state index contributed by atoms with van der Waals surface area (Å²) in [5.74, 6) is 2.48. The van der Waals surface area contributed by atoms with Gasteiger partial charge in [0.1, 0.15) is 17.2 Å². The van der Waals surface area contributed by atoms with Crippen molar-refractivity contribution in [3.8, 4) is 17.2 Å². The van der Waals surface area contributed by atoms with Crippen molar-refractivity contribution < 1.29 is 14.2 Å². The van der Waals surface area contributed by atoms with Crippen LogP contribution in [0.1, 0.15) is 11.1 Å². The summed E-state index contributed by atoms with van der Waals surface area (Å²) in [6.45, 7) is 0. The fourth-order valence-corrected chi connectivity index (χ4v) is 2.40. The van der Waals surface area contributed by atoms with Crippen LogP contribution >= 0.6 is 0 Å². The predicted molar refractivity (Wildman–Crippen MR) is 118 cm³/mol. The molecule has 0 saturated heterocycles. The summed E-state index contributed by atoms with van der Waals surface area (Å²) in [5, 5.41) is 0. The highest BCUT2D eigenvalue weighted by atomic mass is 16.5. The lowest BCUT2D eigenvalue weighted by molar-refractivity contribution is 0.402. The van der Waals surface area contributed by atoms with Gasteiger partial charge in [0.2, 0.25) is 0 Å². The van der Waals surface area contributed by atoms with Crippen molar-refractivity contribution in [3.63, 3.8) is 0 Å².